The molecular formula is AuFO4P. The maximum atomic E-state index is 9.44. The van der Waals surface area contributed by atoms with Crippen LogP contribution in [0.25, 0.3) is 0 Å². The summed E-state index contributed by atoms with van der Waals surface area (Å²) in [5.74, 6) is 0. The Labute approximate surface area is 52.2 Å². The van der Waals surface area contributed by atoms with Crippen LogP contribution in [0, 0.1) is 0 Å². The maximum absolute atomic E-state index is 9.44. The van der Waals surface area contributed by atoms with Crippen molar-refractivity contribution >= 4 is 7.82 Å². The fourth-order valence-corrected chi connectivity index (χ4v) is 0. The summed E-state index contributed by atoms with van der Waals surface area (Å²) in [6.07, 6.45) is 0. The summed E-state index contributed by atoms with van der Waals surface area (Å²) in [5, 5.41) is 0. The molecule has 0 fully saturated rings. The van der Waals surface area contributed by atoms with Crippen LogP contribution in [-0.4, -0.2) is 0 Å². The number of rotatable bonds is 0. The van der Waals surface area contributed by atoms with E-state index < -0.39 is 7.82 Å². The summed E-state index contributed by atoms with van der Waals surface area (Å²) in [6, 6.07) is 0. The van der Waals surface area contributed by atoms with E-state index in [1.54, 1.807) is 0 Å². The van der Waals surface area contributed by atoms with E-state index in [4.69, 9.17) is 19.2 Å². The van der Waals surface area contributed by atoms with Gasteiger partial charge >= 0.3 is 24.6 Å². The first kappa shape index (κ1) is 10.7. The Kier molecular flexibility index (Phi) is 7.54. The first-order chi connectivity index (χ1) is 3.00. The van der Waals surface area contributed by atoms with Gasteiger partial charge in [-0.05, 0) is 0 Å². The molecule has 0 amide bonds. The Balaban J connectivity index is 0. The Morgan fingerprint density at radius 1 is 1.29 bits per heavy atom. The molecule has 0 atom stereocenters. The topological polar surface area (TPSA) is 86.2 Å². The van der Waals surface area contributed by atoms with E-state index in [0.717, 1.165) is 21.6 Å². The van der Waals surface area contributed by atoms with E-state index >= 15 is 0 Å². The third-order valence-corrected chi connectivity index (χ3v) is 0. The zero-order valence-corrected chi connectivity index (χ0v) is 5.82. The molecule has 7 heteroatoms. The molecule has 0 aliphatic heterocycles. The molecule has 0 saturated carbocycles. The number of halogens is 1. The van der Waals surface area contributed by atoms with Gasteiger partial charge in [-0.15, -0.1) is 0 Å². The monoisotopic (exact) mass is 311 g/mol. The van der Waals surface area contributed by atoms with E-state index in [1.165, 1.54) is 0 Å². The van der Waals surface area contributed by atoms with Gasteiger partial charge in [0.25, 0.3) is 0 Å². The average Bonchev–Trinajstić information content (AvgIpc) is 1.36. The summed E-state index contributed by atoms with van der Waals surface area (Å²) < 4.78 is 18.0. The quantitative estimate of drug-likeness (QED) is 0.368. The van der Waals surface area contributed by atoms with Crippen LogP contribution in [0.5, 0.6) is 0 Å². The van der Waals surface area contributed by atoms with Gasteiger partial charge in [0.05, 0.1) is 0 Å². The normalized spacial score (nSPS) is 9.29. The average molecular weight is 311 g/mol. The summed E-state index contributed by atoms with van der Waals surface area (Å²) >= 11 is 0.778. The van der Waals surface area contributed by atoms with Crippen LogP contribution in [0.2, 0.25) is 0 Å². The number of hydrogen-bond donors (Lipinski definition) is 0. The Morgan fingerprint density at radius 2 is 1.29 bits per heavy atom. The van der Waals surface area contributed by atoms with Gasteiger partial charge in [0, 0.05) is 0 Å². The van der Waals surface area contributed by atoms with Crippen molar-refractivity contribution in [3.8, 4) is 0 Å². The fraction of sp³-hybridized carbons (Fsp3) is 0. The summed E-state index contributed by atoms with van der Waals surface area (Å²) in [6.45, 7) is 0. The second-order valence-electron chi connectivity index (χ2n) is 0.447. The number of hydrogen-bond acceptors (Lipinski definition) is 4. The van der Waals surface area contributed by atoms with Gasteiger partial charge < -0.3 is 19.2 Å². The van der Waals surface area contributed by atoms with Gasteiger partial charge in [-0.3, -0.25) is 0 Å². The predicted octanol–water partition coefficient (Wildman–Crippen LogP) is -2.41. The molecule has 0 aromatic heterocycles. The standard InChI is InChI=1S/Au.FH.H3O4P/c;;1-5(2,3)4/h;1H;(H3,1,2,3,4)/q+4;;/p-4. The molecule has 0 heterocycles. The molecule has 0 unspecified atom stereocenters. The molecule has 7 heavy (non-hydrogen) atoms. The van der Waals surface area contributed by atoms with Crippen molar-refractivity contribution in [2.24, 2.45) is 0 Å². The molecule has 0 radical (unpaired) electrons. The van der Waals surface area contributed by atoms with Crippen molar-refractivity contribution in [1.82, 2.24) is 0 Å². The summed E-state index contributed by atoms with van der Waals surface area (Å²) in [5.41, 5.74) is 0. The molecule has 0 saturated heterocycles. The zero-order valence-electron chi connectivity index (χ0n) is 2.76. The molecule has 0 aromatic rings. The van der Waals surface area contributed by atoms with E-state index in [2.05, 4.69) is 0 Å². The van der Waals surface area contributed by atoms with Crippen molar-refractivity contribution in [3.63, 3.8) is 0 Å². The van der Waals surface area contributed by atoms with Crippen LogP contribution in [0.15, 0.2) is 0 Å². The molecule has 0 aromatic carbocycles. The minimum absolute atomic E-state index is 0.778. The third kappa shape index (κ3) is 254. The van der Waals surface area contributed by atoms with Gasteiger partial charge in [0.1, 0.15) is 0 Å². The van der Waals surface area contributed by atoms with E-state index in [0.29, 0.717) is 0 Å². The van der Waals surface area contributed by atoms with Gasteiger partial charge in [-0.25, -0.2) is 0 Å². The molecule has 0 N–H and O–H groups in total. The van der Waals surface area contributed by atoms with Crippen molar-refractivity contribution in [1.29, 1.82) is 0 Å². The second kappa shape index (κ2) is 4.93. The first-order valence-corrected chi connectivity index (χ1v) is 3.12. The summed E-state index contributed by atoms with van der Waals surface area (Å²) in [7, 11) is -5.39. The number of phosphoric acid groups is 1. The van der Waals surface area contributed by atoms with Crippen LogP contribution in [0.4, 0.5) is 3.02 Å². The van der Waals surface area contributed by atoms with Gasteiger partial charge in [0.15, 0.2) is 0 Å². The van der Waals surface area contributed by atoms with Crippen LogP contribution in [0.3, 0.4) is 0 Å². The Bertz CT molecular complexity index is 57.8. The van der Waals surface area contributed by atoms with Crippen molar-refractivity contribution in [2.45, 2.75) is 0 Å². The minimum atomic E-state index is -5.39. The van der Waals surface area contributed by atoms with Gasteiger partial charge in [-0.2, -0.15) is 7.82 Å². The molecule has 0 aliphatic rings. The Morgan fingerprint density at radius 3 is 1.29 bits per heavy atom. The van der Waals surface area contributed by atoms with Crippen LogP contribution < -0.4 is 14.7 Å². The van der Waals surface area contributed by atoms with Gasteiger partial charge in [-0.1, -0.05) is 0 Å². The van der Waals surface area contributed by atoms with Crippen molar-refractivity contribution < 1.29 is 43.9 Å². The fourth-order valence-electron chi connectivity index (χ4n) is 0. The molecule has 4 nitrogen and oxygen atoms in total. The molecular weight excluding hydrogens is 311 g/mol. The second-order valence-corrected chi connectivity index (χ2v) is 1.34. The first-order valence-electron chi connectivity index (χ1n) is 0.844. The van der Waals surface area contributed by atoms with E-state index in [9.17, 15) is 3.02 Å². The molecule has 0 rings (SSSR count). The SMILES string of the molecule is O=P([O-])([O-])[O-].[F][Au+3]. The Hall–Kier alpha value is 0.780. The molecule has 0 spiro atoms. The van der Waals surface area contributed by atoms with Crippen LogP contribution >= 0.6 is 7.82 Å². The van der Waals surface area contributed by atoms with Crippen LogP contribution in [0.1, 0.15) is 0 Å². The van der Waals surface area contributed by atoms with E-state index in [1.807, 2.05) is 0 Å². The zero-order chi connectivity index (χ0) is 6.50. The molecule has 47 valence electrons. The van der Waals surface area contributed by atoms with E-state index in [-0.39, 0.29) is 0 Å². The van der Waals surface area contributed by atoms with Crippen molar-refractivity contribution in [3.05, 3.63) is 0 Å². The predicted molar refractivity (Wildman–Crippen MR) is 8.71 cm³/mol. The van der Waals surface area contributed by atoms with Crippen LogP contribution in [-0.2, 0) is 26.2 Å². The van der Waals surface area contributed by atoms with Gasteiger partial charge in [0.2, 0.25) is 0 Å². The third-order valence-electron chi connectivity index (χ3n) is 0. The van der Waals surface area contributed by atoms with Crippen molar-refractivity contribution in [2.75, 3.05) is 0 Å². The molecule has 0 aliphatic carbocycles. The summed E-state index contributed by atoms with van der Waals surface area (Å²) in [4.78, 5) is 25.6. The molecule has 0 bridgehead atoms.